The lowest BCUT2D eigenvalue weighted by atomic mass is 10.0. The predicted molar refractivity (Wildman–Crippen MR) is 122 cm³/mol. The van der Waals surface area contributed by atoms with Gasteiger partial charge in [0.05, 0.1) is 24.9 Å². The lowest BCUT2D eigenvalue weighted by Gasteiger charge is -2.24. The van der Waals surface area contributed by atoms with Crippen LogP contribution in [0.15, 0.2) is 59.8 Å². The van der Waals surface area contributed by atoms with E-state index in [1.54, 1.807) is 25.7 Å². The Hall–Kier alpha value is -3.19. The highest BCUT2D eigenvalue weighted by molar-refractivity contribution is 6.00. The Bertz CT molecular complexity index is 949. The van der Waals surface area contributed by atoms with Crippen LogP contribution in [0.25, 0.3) is 11.1 Å². The number of amides is 1. The van der Waals surface area contributed by atoms with Gasteiger partial charge in [0, 0.05) is 12.0 Å². The van der Waals surface area contributed by atoms with Gasteiger partial charge in [-0.1, -0.05) is 47.6 Å². The molecule has 1 saturated heterocycles. The number of oxime groups is 1. The second-order valence-corrected chi connectivity index (χ2v) is 8.68. The molecule has 170 valence electrons. The van der Waals surface area contributed by atoms with Gasteiger partial charge in [0.2, 0.25) is 0 Å². The van der Waals surface area contributed by atoms with Gasteiger partial charge in [-0.25, -0.2) is 4.79 Å². The Morgan fingerprint density at radius 1 is 1.03 bits per heavy atom. The predicted octanol–water partition coefficient (Wildman–Crippen LogP) is 3.93. The molecule has 2 aromatic carbocycles. The smallest absolute Gasteiger partial charge is 0.332 e. The molecule has 0 spiro atoms. The van der Waals surface area contributed by atoms with E-state index in [0.717, 1.165) is 16.8 Å². The molecule has 7 nitrogen and oxygen atoms in total. The van der Waals surface area contributed by atoms with Crippen molar-refractivity contribution in [3.05, 3.63) is 60.2 Å². The summed E-state index contributed by atoms with van der Waals surface area (Å²) in [6.45, 7) is 5.80. The third-order valence-electron chi connectivity index (χ3n) is 4.94. The first kappa shape index (κ1) is 23.5. The molecule has 0 bridgehead atoms. The molecule has 1 atom stereocenters. The summed E-state index contributed by atoms with van der Waals surface area (Å²) in [6.07, 6.45) is 0.524. The van der Waals surface area contributed by atoms with Crippen LogP contribution in [0.4, 0.5) is 0 Å². The van der Waals surface area contributed by atoms with Crippen LogP contribution in [0, 0.1) is 0 Å². The van der Waals surface area contributed by atoms with Crippen LogP contribution in [-0.2, 0) is 19.1 Å². The number of hydrogen-bond acceptors (Lipinski definition) is 6. The van der Waals surface area contributed by atoms with E-state index in [-0.39, 0.29) is 25.2 Å². The van der Waals surface area contributed by atoms with E-state index in [0.29, 0.717) is 18.5 Å². The molecule has 32 heavy (non-hydrogen) atoms. The largest absolute Gasteiger partial charge is 0.458 e. The second-order valence-electron chi connectivity index (χ2n) is 8.68. The SMILES string of the molecule is CO/N=C1\C[C@@H](COCC(=O)OC(C)(C)C)N(C(=O)c2ccc(-c3ccccc3)cc2)C1. The van der Waals surface area contributed by atoms with Crippen LogP contribution < -0.4 is 0 Å². The highest BCUT2D eigenvalue weighted by atomic mass is 16.6. The molecule has 1 heterocycles. The summed E-state index contributed by atoms with van der Waals surface area (Å²) < 4.78 is 10.8. The third kappa shape index (κ3) is 6.40. The number of rotatable bonds is 7. The summed E-state index contributed by atoms with van der Waals surface area (Å²) in [4.78, 5) is 31.8. The minimum Gasteiger partial charge on any atom is -0.458 e. The molecule has 1 aliphatic rings. The van der Waals surface area contributed by atoms with Gasteiger partial charge >= 0.3 is 5.97 Å². The zero-order valence-corrected chi connectivity index (χ0v) is 19.0. The number of likely N-dealkylation sites (tertiary alicyclic amines) is 1. The summed E-state index contributed by atoms with van der Waals surface area (Å²) >= 11 is 0. The Labute approximate surface area is 188 Å². The van der Waals surface area contributed by atoms with Crippen LogP contribution >= 0.6 is 0 Å². The van der Waals surface area contributed by atoms with Gasteiger partial charge in [0.1, 0.15) is 19.3 Å². The van der Waals surface area contributed by atoms with Gasteiger partial charge < -0.3 is 19.2 Å². The number of esters is 1. The van der Waals surface area contributed by atoms with Gasteiger partial charge in [-0.3, -0.25) is 4.79 Å². The minimum atomic E-state index is -0.569. The van der Waals surface area contributed by atoms with Crippen molar-refractivity contribution < 1.29 is 23.9 Å². The molecule has 0 N–H and O–H groups in total. The first-order valence-corrected chi connectivity index (χ1v) is 10.6. The standard InChI is InChI=1S/C25H30N2O5/c1-25(2,3)32-23(28)17-31-16-22-14-21(26-30-4)15-27(22)24(29)20-12-10-19(11-13-20)18-8-6-5-7-9-18/h5-13,22H,14-17H2,1-4H3/b26-21+/t22-/m0/s1. The molecule has 0 saturated carbocycles. The quantitative estimate of drug-likeness (QED) is 0.484. The summed E-state index contributed by atoms with van der Waals surface area (Å²) in [5, 5.41) is 4.02. The molecule has 0 unspecified atom stereocenters. The zero-order valence-electron chi connectivity index (χ0n) is 19.0. The topological polar surface area (TPSA) is 77.4 Å². The van der Waals surface area contributed by atoms with Crippen LogP contribution in [0.1, 0.15) is 37.6 Å². The first-order valence-electron chi connectivity index (χ1n) is 10.6. The van der Waals surface area contributed by atoms with Crippen LogP contribution in [0.5, 0.6) is 0 Å². The molecule has 1 fully saturated rings. The number of ether oxygens (including phenoxy) is 2. The fourth-order valence-corrected chi connectivity index (χ4v) is 3.61. The molecule has 7 heteroatoms. The lowest BCUT2D eigenvalue weighted by molar-refractivity contribution is -0.160. The Balaban J connectivity index is 1.66. The molecule has 3 rings (SSSR count). The number of benzene rings is 2. The van der Waals surface area contributed by atoms with E-state index in [1.165, 1.54) is 7.11 Å². The van der Waals surface area contributed by atoms with Crippen molar-refractivity contribution in [3.63, 3.8) is 0 Å². The number of carbonyl (C=O) groups excluding carboxylic acids is 2. The average Bonchev–Trinajstić information content (AvgIpc) is 3.15. The van der Waals surface area contributed by atoms with E-state index >= 15 is 0 Å². The van der Waals surface area contributed by atoms with Crippen molar-refractivity contribution in [1.29, 1.82) is 0 Å². The maximum Gasteiger partial charge on any atom is 0.332 e. The van der Waals surface area contributed by atoms with Gasteiger partial charge in [0.15, 0.2) is 0 Å². The molecule has 1 amide bonds. The van der Waals surface area contributed by atoms with Crippen molar-refractivity contribution in [1.82, 2.24) is 4.90 Å². The lowest BCUT2D eigenvalue weighted by Crippen LogP contribution is -2.39. The van der Waals surface area contributed by atoms with E-state index in [9.17, 15) is 9.59 Å². The number of carbonyl (C=O) groups is 2. The molecule has 0 aliphatic carbocycles. The summed E-state index contributed by atoms with van der Waals surface area (Å²) in [7, 11) is 1.48. The van der Waals surface area contributed by atoms with Crippen molar-refractivity contribution in [2.24, 2.45) is 5.16 Å². The molecular formula is C25H30N2O5. The van der Waals surface area contributed by atoms with Crippen molar-refractivity contribution in [2.45, 2.75) is 38.8 Å². The van der Waals surface area contributed by atoms with Gasteiger partial charge in [-0.15, -0.1) is 0 Å². The van der Waals surface area contributed by atoms with Crippen LogP contribution in [-0.4, -0.2) is 61.0 Å². The minimum absolute atomic E-state index is 0.114. The summed E-state index contributed by atoms with van der Waals surface area (Å²) in [5.74, 6) is -0.549. The van der Waals surface area contributed by atoms with E-state index in [1.807, 2.05) is 54.6 Å². The number of nitrogens with zero attached hydrogens (tertiary/aromatic N) is 2. The van der Waals surface area contributed by atoms with Crippen molar-refractivity contribution in [2.75, 3.05) is 26.9 Å². The Kier molecular flexibility index (Phi) is 7.64. The molecule has 0 aromatic heterocycles. The average molecular weight is 439 g/mol. The number of hydrogen-bond donors (Lipinski definition) is 0. The second kappa shape index (κ2) is 10.4. The zero-order chi connectivity index (χ0) is 23.1. The van der Waals surface area contributed by atoms with E-state index < -0.39 is 11.6 Å². The monoisotopic (exact) mass is 438 g/mol. The maximum absolute atomic E-state index is 13.2. The highest BCUT2D eigenvalue weighted by Crippen LogP contribution is 2.23. The van der Waals surface area contributed by atoms with Crippen LogP contribution in [0.3, 0.4) is 0 Å². The molecule has 0 radical (unpaired) electrons. The third-order valence-corrected chi connectivity index (χ3v) is 4.94. The summed E-state index contributed by atoms with van der Waals surface area (Å²) in [6, 6.07) is 17.3. The maximum atomic E-state index is 13.2. The first-order chi connectivity index (χ1) is 15.3. The van der Waals surface area contributed by atoms with E-state index in [4.69, 9.17) is 14.3 Å². The fraction of sp³-hybridized carbons (Fsp3) is 0.400. The van der Waals surface area contributed by atoms with Crippen LogP contribution in [0.2, 0.25) is 0 Å². The normalized spacial score (nSPS) is 17.4. The van der Waals surface area contributed by atoms with E-state index in [2.05, 4.69) is 5.16 Å². The summed E-state index contributed by atoms with van der Waals surface area (Å²) in [5.41, 5.74) is 2.91. The molecular weight excluding hydrogens is 408 g/mol. The molecule has 1 aliphatic heterocycles. The highest BCUT2D eigenvalue weighted by Gasteiger charge is 2.34. The Morgan fingerprint density at radius 2 is 1.69 bits per heavy atom. The molecule has 2 aromatic rings. The van der Waals surface area contributed by atoms with Gasteiger partial charge in [0.25, 0.3) is 5.91 Å². The van der Waals surface area contributed by atoms with Crippen molar-refractivity contribution in [3.8, 4) is 11.1 Å². The van der Waals surface area contributed by atoms with Gasteiger partial charge in [-0.2, -0.15) is 0 Å². The van der Waals surface area contributed by atoms with Crippen molar-refractivity contribution >= 4 is 17.6 Å². The fourth-order valence-electron chi connectivity index (χ4n) is 3.61. The Morgan fingerprint density at radius 3 is 2.31 bits per heavy atom. The van der Waals surface area contributed by atoms with Gasteiger partial charge in [-0.05, 0) is 44.0 Å².